The Morgan fingerprint density at radius 1 is 1.17 bits per heavy atom. The lowest BCUT2D eigenvalue weighted by Gasteiger charge is -2.09. The van der Waals surface area contributed by atoms with E-state index in [1.807, 2.05) is 6.07 Å². The molecule has 0 unspecified atom stereocenters. The Kier molecular flexibility index (Phi) is 4.93. The Morgan fingerprint density at radius 3 is 2.61 bits per heavy atom. The Morgan fingerprint density at radius 2 is 1.94 bits per heavy atom. The monoisotopic (exact) mass is 285 g/mol. The minimum absolute atomic E-state index is 0.501. The molecule has 3 nitrogen and oxygen atoms in total. The van der Waals surface area contributed by atoms with E-state index in [4.69, 9.17) is 32.4 Å². The second-order valence-corrected chi connectivity index (χ2v) is 4.52. The van der Waals surface area contributed by atoms with Gasteiger partial charge in [0.25, 0.3) is 0 Å². The lowest BCUT2D eigenvalue weighted by Crippen LogP contribution is -2.20. The number of hydrogen-bond acceptors (Lipinski definition) is 3. The van der Waals surface area contributed by atoms with Crippen LogP contribution in [0.15, 0.2) is 41.2 Å². The number of rotatable bonds is 6. The van der Waals surface area contributed by atoms with Crippen LogP contribution in [0.4, 0.5) is 0 Å². The van der Waals surface area contributed by atoms with Gasteiger partial charge < -0.3 is 14.5 Å². The van der Waals surface area contributed by atoms with Crippen molar-refractivity contribution in [2.24, 2.45) is 0 Å². The molecule has 0 saturated carbocycles. The number of furan rings is 1. The predicted octanol–water partition coefficient (Wildman–Crippen LogP) is 3.76. The van der Waals surface area contributed by atoms with Crippen LogP contribution in [0.25, 0.3) is 0 Å². The smallest absolute Gasteiger partial charge is 0.156 e. The van der Waals surface area contributed by atoms with E-state index in [0.29, 0.717) is 28.9 Å². The molecule has 1 heterocycles. The van der Waals surface area contributed by atoms with Crippen molar-refractivity contribution >= 4 is 23.2 Å². The molecule has 0 spiro atoms. The molecule has 1 aromatic heterocycles. The fourth-order valence-electron chi connectivity index (χ4n) is 1.47. The molecular weight excluding hydrogens is 273 g/mol. The maximum Gasteiger partial charge on any atom is 0.156 e. The second-order valence-electron chi connectivity index (χ2n) is 3.71. The van der Waals surface area contributed by atoms with Gasteiger partial charge in [0.05, 0.1) is 22.6 Å². The summed E-state index contributed by atoms with van der Waals surface area (Å²) in [5.74, 6) is 0.533. The molecule has 2 aromatic rings. The van der Waals surface area contributed by atoms with E-state index >= 15 is 0 Å². The molecule has 1 N–H and O–H groups in total. The van der Waals surface area contributed by atoms with Crippen LogP contribution in [0.2, 0.25) is 10.0 Å². The zero-order chi connectivity index (χ0) is 12.8. The molecule has 96 valence electrons. The van der Waals surface area contributed by atoms with Crippen LogP contribution in [-0.4, -0.2) is 13.2 Å². The van der Waals surface area contributed by atoms with Gasteiger partial charge in [-0.15, -0.1) is 0 Å². The normalized spacial score (nSPS) is 10.6. The number of ether oxygens (including phenoxy) is 1. The zero-order valence-electron chi connectivity index (χ0n) is 9.66. The first-order valence-electron chi connectivity index (χ1n) is 5.56. The number of nitrogens with one attached hydrogen (secondary N) is 1. The maximum atomic E-state index is 5.98. The summed E-state index contributed by atoms with van der Waals surface area (Å²) in [6.45, 7) is 1.95. The first-order chi connectivity index (χ1) is 8.77. The first kappa shape index (κ1) is 13.3. The van der Waals surface area contributed by atoms with Crippen molar-refractivity contribution in [3.63, 3.8) is 0 Å². The third-order valence-corrected chi connectivity index (χ3v) is 2.95. The highest BCUT2D eigenvalue weighted by molar-refractivity contribution is 6.37. The Labute approximate surface area is 116 Å². The van der Waals surface area contributed by atoms with Gasteiger partial charge in [-0.2, -0.15) is 0 Å². The van der Waals surface area contributed by atoms with Gasteiger partial charge in [-0.25, -0.2) is 0 Å². The molecule has 0 atom stereocenters. The summed E-state index contributed by atoms with van der Waals surface area (Å²) in [5.41, 5.74) is 1.10. The van der Waals surface area contributed by atoms with Crippen LogP contribution < -0.4 is 10.1 Å². The third-order valence-electron chi connectivity index (χ3n) is 2.35. The minimum atomic E-state index is 0.501. The Bertz CT molecular complexity index is 465. The third kappa shape index (κ3) is 3.67. The van der Waals surface area contributed by atoms with E-state index in [9.17, 15) is 0 Å². The van der Waals surface area contributed by atoms with Gasteiger partial charge in [0.15, 0.2) is 5.75 Å². The lowest BCUT2D eigenvalue weighted by molar-refractivity contribution is 0.314. The largest absolute Gasteiger partial charge is 0.489 e. The van der Waals surface area contributed by atoms with Gasteiger partial charge in [0.1, 0.15) is 6.61 Å². The Hall–Kier alpha value is -1.16. The van der Waals surface area contributed by atoms with Crippen LogP contribution in [0, 0.1) is 0 Å². The van der Waals surface area contributed by atoms with Gasteiger partial charge >= 0.3 is 0 Å². The molecule has 0 radical (unpaired) electrons. The van der Waals surface area contributed by atoms with E-state index in [0.717, 1.165) is 12.1 Å². The summed E-state index contributed by atoms with van der Waals surface area (Å²) in [6.07, 6.45) is 3.36. The number of benzene rings is 1. The average Bonchev–Trinajstić information content (AvgIpc) is 2.85. The van der Waals surface area contributed by atoms with E-state index in [1.54, 1.807) is 30.7 Å². The van der Waals surface area contributed by atoms with Crippen molar-refractivity contribution in [1.29, 1.82) is 0 Å². The summed E-state index contributed by atoms with van der Waals surface area (Å²) in [5, 5.41) is 4.28. The van der Waals surface area contributed by atoms with Crippen molar-refractivity contribution in [3.8, 4) is 5.75 Å². The zero-order valence-corrected chi connectivity index (χ0v) is 11.2. The molecule has 0 bridgehead atoms. The van der Waals surface area contributed by atoms with E-state index in [1.165, 1.54) is 0 Å². The summed E-state index contributed by atoms with van der Waals surface area (Å²) in [7, 11) is 0. The van der Waals surface area contributed by atoms with Crippen LogP contribution in [0.1, 0.15) is 5.56 Å². The van der Waals surface area contributed by atoms with Crippen LogP contribution in [0.3, 0.4) is 0 Å². The van der Waals surface area contributed by atoms with Gasteiger partial charge in [-0.1, -0.05) is 29.3 Å². The Balaban J connectivity index is 1.72. The van der Waals surface area contributed by atoms with Gasteiger partial charge in [-0.3, -0.25) is 0 Å². The number of hydrogen-bond donors (Lipinski definition) is 1. The summed E-state index contributed by atoms with van der Waals surface area (Å²) in [4.78, 5) is 0. The molecule has 1 aromatic carbocycles. The predicted molar refractivity (Wildman–Crippen MR) is 72.4 cm³/mol. The highest BCUT2D eigenvalue weighted by Crippen LogP contribution is 2.32. The molecule has 0 fully saturated rings. The standard InChI is InChI=1S/C13H13Cl2NO2/c14-11-2-1-3-12(15)13(11)18-7-5-16-8-10-4-6-17-9-10/h1-4,6,9,16H,5,7-8H2. The van der Waals surface area contributed by atoms with Crippen molar-refractivity contribution < 1.29 is 9.15 Å². The van der Waals surface area contributed by atoms with Crippen LogP contribution in [-0.2, 0) is 6.54 Å². The van der Waals surface area contributed by atoms with Gasteiger partial charge in [0.2, 0.25) is 0 Å². The summed E-state index contributed by atoms with van der Waals surface area (Å²) < 4.78 is 10.5. The molecule has 5 heteroatoms. The first-order valence-corrected chi connectivity index (χ1v) is 6.31. The average molecular weight is 286 g/mol. The van der Waals surface area contributed by atoms with Crippen molar-refractivity contribution in [1.82, 2.24) is 5.32 Å². The summed E-state index contributed by atoms with van der Waals surface area (Å²) in [6, 6.07) is 7.21. The maximum absolute atomic E-state index is 5.98. The molecular formula is C13H13Cl2NO2. The van der Waals surface area contributed by atoms with Crippen LogP contribution in [0.5, 0.6) is 5.75 Å². The topological polar surface area (TPSA) is 34.4 Å². The number of para-hydroxylation sites is 1. The quantitative estimate of drug-likeness (QED) is 0.821. The molecule has 2 rings (SSSR count). The van der Waals surface area contributed by atoms with E-state index < -0.39 is 0 Å². The molecule has 0 saturated heterocycles. The van der Waals surface area contributed by atoms with E-state index in [-0.39, 0.29) is 0 Å². The lowest BCUT2D eigenvalue weighted by atomic mass is 10.3. The highest BCUT2D eigenvalue weighted by atomic mass is 35.5. The van der Waals surface area contributed by atoms with E-state index in [2.05, 4.69) is 5.32 Å². The fourth-order valence-corrected chi connectivity index (χ4v) is 1.98. The molecule has 0 amide bonds. The van der Waals surface area contributed by atoms with Gasteiger partial charge in [-0.05, 0) is 18.2 Å². The SMILES string of the molecule is Clc1cccc(Cl)c1OCCNCc1ccoc1. The molecule has 0 aliphatic heterocycles. The van der Waals surface area contributed by atoms with Gasteiger partial charge in [0, 0.05) is 18.7 Å². The highest BCUT2D eigenvalue weighted by Gasteiger charge is 2.05. The fraction of sp³-hybridized carbons (Fsp3) is 0.231. The summed E-state index contributed by atoms with van der Waals surface area (Å²) >= 11 is 12.0. The molecule has 0 aliphatic carbocycles. The van der Waals surface area contributed by atoms with Crippen molar-refractivity contribution in [3.05, 3.63) is 52.4 Å². The second kappa shape index (κ2) is 6.69. The molecule has 0 aliphatic rings. The van der Waals surface area contributed by atoms with Crippen molar-refractivity contribution in [2.75, 3.05) is 13.2 Å². The number of halogens is 2. The van der Waals surface area contributed by atoms with Crippen LogP contribution >= 0.6 is 23.2 Å². The molecule has 18 heavy (non-hydrogen) atoms. The minimum Gasteiger partial charge on any atom is -0.489 e. The van der Waals surface area contributed by atoms with Crippen molar-refractivity contribution in [2.45, 2.75) is 6.54 Å².